The Morgan fingerprint density at radius 2 is 1.82 bits per heavy atom. The van der Waals surface area contributed by atoms with Crippen LogP contribution in [0.25, 0.3) is 0 Å². The normalized spacial score (nSPS) is 50.7. The second kappa shape index (κ2) is 2.48. The summed E-state index contributed by atoms with van der Waals surface area (Å²) in [5, 5.41) is 9.74. The van der Waals surface area contributed by atoms with Gasteiger partial charge in [-0.2, -0.15) is 0 Å². The molecular weight excluding hydrogens is 136 g/mol. The van der Waals surface area contributed by atoms with Gasteiger partial charge in [-0.25, -0.2) is 0 Å². The van der Waals surface area contributed by atoms with Gasteiger partial charge in [-0.1, -0.05) is 19.8 Å². The first-order chi connectivity index (χ1) is 5.22. The SMILES string of the molecule is CC12CCCC(O)[C@@H]1CCC2. The Balaban J connectivity index is 2.15. The van der Waals surface area contributed by atoms with E-state index in [1.165, 1.54) is 32.1 Å². The van der Waals surface area contributed by atoms with Crippen molar-refractivity contribution in [1.29, 1.82) is 0 Å². The van der Waals surface area contributed by atoms with E-state index in [2.05, 4.69) is 6.92 Å². The van der Waals surface area contributed by atoms with E-state index in [0.717, 1.165) is 6.42 Å². The van der Waals surface area contributed by atoms with Gasteiger partial charge in [0, 0.05) is 0 Å². The van der Waals surface area contributed by atoms with Crippen LogP contribution in [0.1, 0.15) is 45.4 Å². The van der Waals surface area contributed by atoms with Crippen LogP contribution in [0.4, 0.5) is 0 Å². The molecule has 1 nitrogen and oxygen atoms in total. The van der Waals surface area contributed by atoms with Gasteiger partial charge in [0.05, 0.1) is 6.10 Å². The summed E-state index contributed by atoms with van der Waals surface area (Å²) in [6.07, 6.45) is 7.66. The van der Waals surface area contributed by atoms with Crippen LogP contribution < -0.4 is 0 Å². The number of fused-ring (bicyclic) bond motifs is 1. The zero-order chi connectivity index (χ0) is 7.90. The van der Waals surface area contributed by atoms with E-state index in [1.807, 2.05) is 0 Å². The van der Waals surface area contributed by atoms with Crippen LogP contribution in [0, 0.1) is 11.3 Å². The molecule has 2 fully saturated rings. The van der Waals surface area contributed by atoms with Gasteiger partial charge in [-0.15, -0.1) is 0 Å². The number of rotatable bonds is 0. The van der Waals surface area contributed by atoms with E-state index >= 15 is 0 Å². The molecule has 0 bridgehead atoms. The van der Waals surface area contributed by atoms with E-state index in [1.54, 1.807) is 0 Å². The van der Waals surface area contributed by atoms with Crippen molar-refractivity contribution in [3.05, 3.63) is 0 Å². The van der Waals surface area contributed by atoms with Gasteiger partial charge < -0.3 is 5.11 Å². The fourth-order valence-electron chi connectivity index (χ4n) is 3.14. The Bertz CT molecular complexity index is 155. The molecule has 0 aromatic rings. The van der Waals surface area contributed by atoms with Crippen LogP contribution in [-0.2, 0) is 0 Å². The molecule has 2 aliphatic carbocycles. The van der Waals surface area contributed by atoms with E-state index in [-0.39, 0.29) is 6.10 Å². The molecule has 1 heteroatoms. The molecule has 0 spiro atoms. The quantitative estimate of drug-likeness (QED) is 0.568. The van der Waals surface area contributed by atoms with Crippen LogP contribution in [-0.4, -0.2) is 11.2 Å². The van der Waals surface area contributed by atoms with E-state index in [4.69, 9.17) is 0 Å². The molecule has 2 aliphatic rings. The highest BCUT2D eigenvalue weighted by Gasteiger charge is 2.44. The summed E-state index contributed by atoms with van der Waals surface area (Å²) in [6, 6.07) is 0. The maximum atomic E-state index is 9.74. The van der Waals surface area contributed by atoms with Crippen molar-refractivity contribution in [2.45, 2.75) is 51.6 Å². The highest BCUT2D eigenvalue weighted by molar-refractivity contribution is 4.95. The van der Waals surface area contributed by atoms with Gasteiger partial charge in [-0.05, 0) is 37.0 Å². The van der Waals surface area contributed by atoms with E-state index in [9.17, 15) is 5.11 Å². The minimum absolute atomic E-state index is 0.0243. The zero-order valence-corrected chi connectivity index (χ0v) is 7.34. The molecule has 0 heterocycles. The molecule has 0 aromatic heterocycles. The molecule has 1 N–H and O–H groups in total. The summed E-state index contributed by atoms with van der Waals surface area (Å²) in [5.74, 6) is 0.635. The summed E-state index contributed by atoms with van der Waals surface area (Å²) in [6.45, 7) is 2.37. The van der Waals surface area contributed by atoms with E-state index in [0.29, 0.717) is 11.3 Å². The topological polar surface area (TPSA) is 20.2 Å². The van der Waals surface area contributed by atoms with Crippen LogP contribution >= 0.6 is 0 Å². The second-order valence-corrected chi connectivity index (χ2v) is 4.61. The molecule has 2 saturated carbocycles. The van der Waals surface area contributed by atoms with E-state index < -0.39 is 0 Å². The molecule has 0 amide bonds. The molecule has 3 atom stereocenters. The molecule has 0 aromatic carbocycles. The molecule has 64 valence electrons. The molecule has 0 saturated heterocycles. The minimum Gasteiger partial charge on any atom is -0.393 e. The lowest BCUT2D eigenvalue weighted by molar-refractivity contribution is 0.00209. The van der Waals surface area contributed by atoms with Crippen LogP contribution in [0.3, 0.4) is 0 Å². The lowest BCUT2D eigenvalue weighted by Crippen LogP contribution is -2.36. The fraction of sp³-hybridized carbons (Fsp3) is 1.00. The lowest BCUT2D eigenvalue weighted by atomic mass is 9.68. The molecule has 2 rings (SSSR count). The van der Waals surface area contributed by atoms with Crippen molar-refractivity contribution in [3.8, 4) is 0 Å². The second-order valence-electron chi connectivity index (χ2n) is 4.61. The summed E-state index contributed by atoms with van der Waals surface area (Å²) < 4.78 is 0. The Kier molecular flexibility index (Phi) is 1.71. The molecule has 2 unspecified atom stereocenters. The number of aliphatic hydroxyl groups excluding tert-OH is 1. The summed E-state index contributed by atoms with van der Waals surface area (Å²) >= 11 is 0. The summed E-state index contributed by atoms with van der Waals surface area (Å²) in [7, 11) is 0. The molecule has 0 aliphatic heterocycles. The third kappa shape index (κ3) is 1.10. The van der Waals surface area contributed by atoms with Gasteiger partial charge in [0.25, 0.3) is 0 Å². The average molecular weight is 154 g/mol. The average Bonchev–Trinajstić information content (AvgIpc) is 2.31. The first-order valence-corrected chi connectivity index (χ1v) is 4.90. The first kappa shape index (κ1) is 7.60. The third-order valence-corrected chi connectivity index (χ3v) is 3.87. The summed E-state index contributed by atoms with van der Waals surface area (Å²) in [4.78, 5) is 0. The Hall–Kier alpha value is -0.0400. The molecule has 11 heavy (non-hydrogen) atoms. The summed E-state index contributed by atoms with van der Waals surface area (Å²) in [5.41, 5.74) is 0.512. The van der Waals surface area contributed by atoms with Crippen LogP contribution in [0.2, 0.25) is 0 Å². The van der Waals surface area contributed by atoms with Gasteiger partial charge in [0.1, 0.15) is 0 Å². The Labute approximate surface area is 68.8 Å². The molecular formula is C10H18O. The van der Waals surface area contributed by atoms with Crippen molar-refractivity contribution in [2.24, 2.45) is 11.3 Å². The smallest absolute Gasteiger partial charge is 0.0573 e. The van der Waals surface area contributed by atoms with Gasteiger partial charge in [-0.3, -0.25) is 0 Å². The van der Waals surface area contributed by atoms with Crippen molar-refractivity contribution in [1.82, 2.24) is 0 Å². The first-order valence-electron chi connectivity index (χ1n) is 4.90. The van der Waals surface area contributed by atoms with Crippen molar-refractivity contribution in [2.75, 3.05) is 0 Å². The predicted octanol–water partition coefficient (Wildman–Crippen LogP) is 2.34. The fourth-order valence-corrected chi connectivity index (χ4v) is 3.14. The van der Waals surface area contributed by atoms with Crippen molar-refractivity contribution in [3.63, 3.8) is 0 Å². The lowest BCUT2D eigenvalue weighted by Gasteiger charge is -2.39. The van der Waals surface area contributed by atoms with Crippen LogP contribution in [0.5, 0.6) is 0 Å². The monoisotopic (exact) mass is 154 g/mol. The van der Waals surface area contributed by atoms with Crippen LogP contribution in [0.15, 0.2) is 0 Å². The Morgan fingerprint density at radius 1 is 1.18 bits per heavy atom. The van der Waals surface area contributed by atoms with Crippen molar-refractivity contribution >= 4 is 0 Å². The van der Waals surface area contributed by atoms with Crippen molar-refractivity contribution < 1.29 is 5.11 Å². The zero-order valence-electron chi connectivity index (χ0n) is 7.34. The van der Waals surface area contributed by atoms with Gasteiger partial charge in [0.2, 0.25) is 0 Å². The highest BCUT2D eigenvalue weighted by atomic mass is 16.3. The van der Waals surface area contributed by atoms with Gasteiger partial charge in [0.15, 0.2) is 0 Å². The minimum atomic E-state index is 0.0243. The third-order valence-electron chi connectivity index (χ3n) is 3.87. The largest absolute Gasteiger partial charge is 0.393 e. The maximum Gasteiger partial charge on any atom is 0.0573 e. The predicted molar refractivity (Wildman–Crippen MR) is 45.3 cm³/mol. The standard InChI is InChI=1S/C10H18O/c1-10-6-2-4-8(10)9(11)5-3-7-10/h8-9,11H,2-7H2,1H3/t8-,9?,10?/m0/s1. The number of aliphatic hydroxyl groups is 1. The number of hydrogen-bond donors (Lipinski definition) is 1. The number of hydrogen-bond acceptors (Lipinski definition) is 1. The molecule has 0 radical (unpaired) electrons. The Morgan fingerprint density at radius 3 is 2.45 bits per heavy atom. The van der Waals surface area contributed by atoms with Gasteiger partial charge >= 0.3 is 0 Å². The maximum absolute atomic E-state index is 9.74. The highest BCUT2D eigenvalue weighted by Crippen LogP contribution is 2.51.